The number of nitrogens with zero attached hydrogens (tertiary/aromatic N) is 6. The quantitative estimate of drug-likeness (QED) is 0.398. The molecule has 3 N–H and O–H groups in total. The van der Waals surface area contributed by atoms with Crippen molar-refractivity contribution in [2.75, 3.05) is 56.2 Å². The average molecular weight is 541 g/mol. The molecule has 0 spiro atoms. The zero-order valence-corrected chi connectivity index (χ0v) is 22.8. The molecule has 4 heterocycles. The number of nitrogens with two attached hydrogens (primary N) is 1. The molecule has 0 bridgehead atoms. The van der Waals surface area contributed by atoms with Crippen LogP contribution in [0.3, 0.4) is 0 Å². The SMILES string of the molecule is CCn1c(N)c(C(=O)N2CCN(C)CC2)c(=O)c2ccc(-c3ccc(N(C)C(=O)Nc4cccnc4)cc3)nc21. The molecule has 0 radical (unpaired) electrons. The van der Waals surface area contributed by atoms with Crippen molar-refractivity contribution in [2.45, 2.75) is 13.5 Å². The first-order chi connectivity index (χ1) is 19.3. The van der Waals surface area contributed by atoms with E-state index in [1.165, 1.54) is 4.90 Å². The molecule has 1 fully saturated rings. The number of carbonyl (C=O) groups is 2. The van der Waals surface area contributed by atoms with Gasteiger partial charge in [0.15, 0.2) is 0 Å². The number of pyridine rings is 3. The summed E-state index contributed by atoms with van der Waals surface area (Å²) in [5.74, 6) is -0.207. The third-order valence-electron chi connectivity index (χ3n) is 7.24. The maximum absolute atomic E-state index is 13.5. The molecule has 3 amide bonds. The van der Waals surface area contributed by atoms with Crippen LogP contribution < -0.4 is 21.4 Å². The summed E-state index contributed by atoms with van der Waals surface area (Å²) in [7, 11) is 3.69. The smallest absolute Gasteiger partial charge is 0.326 e. The highest BCUT2D eigenvalue weighted by atomic mass is 16.2. The van der Waals surface area contributed by atoms with Gasteiger partial charge in [-0.1, -0.05) is 12.1 Å². The Labute approximate surface area is 231 Å². The number of aromatic nitrogens is 3. The number of hydrogen-bond donors (Lipinski definition) is 2. The molecule has 1 aliphatic heterocycles. The fraction of sp³-hybridized carbons (Fsp3) is 0.276. The molecule has 1 saturated heterocycles. The Morgan fingerprint density at radius 3 is 2.42 bits per heavy atom. The molecule has 0 aliphatic carbocycles. The Morgan fingerprint density at radius 1 is 1.05 bits per heavy atom. The van der Waals surface area contributed by atoms with Gasteiger partial charge in [-0.3, -0.25) is 19.5 Å². The van der Waals surface area contributed by atoms with E-state index >= 15 is 0 Å². The van der Waals surface area contributed by atoms with Crippen molar-refractivity contribution in [2.24, 2.45) is 0 Å². The number of benzene rings is 1. The molecule has 1 aromatic carbocycles. The standard InChI is InChI=1S/C29H32N8O3/c1-4-37-26(30)24(28(39)36-16-14-34(2)15-17-36)25(38)22-11-12-23(33-27(22)37)19-7-9-21(10-8-19)35(3)29(40)32-20-6-5-13-31-18-20/h5-13,18H,4,14-17,30H2,1-3H3,(H,32,40). The van der Waals surface area contributed by atoms with Crippen molar-refractivity contribution in [3.63, 3.8) is 0 Å². The average Bonchev–Trinajstić information content (AvgIpc) is 2.97. The summed E-state index contributed by atoms with van der Waals surface area (Å²) in [6.07, 6.45) is 3.22. The number of anilines is 3. The molecule has 206 valence electrons. The molecule has 1 aliphatic rings. The van der Waals surface area contributed by atoms with Gasteiger partial charge < -0.3 is 25.4 Å². The Morgan fingerprint density at radius 2 is 1.77 bits per heavy atom. The minimum Gasteiger partial charge on any atom is -0.384 e. The summed E-state index contributed by atoms with van der Waals surface area (Å²) in [5, 5.41) is 3.15. The van der Waals surface area contributed by atoms with Crippen LogP contribution in [0.1, 0.15) is 17.3 Å². The summed E-state index contributed by atoms with van der Waals surface area (Å²) in [4.78, 5) is 53.6. The lowest BCUT2D eigenvalue weighted by Gasteiger charge is -2.32. The molecular formula is C29H32N8O3. The lowest BCUT2D eigenvalue weighted by Crippen LogP contribution is -2.48. The van der Waals surface area contributed by atoms with Crippen LogP contribution in [0, 0.1) is 0 Å². The fourth-order valence-corrected chi connectivity index (χ4v) is 4.80. The highest BCUT2D eigenvalue weighted by Gasteiger charge is 2.27. The van der Waals surface area contributed by atoms with E-state index in [0.29, 0.717) is 47.7 Å². The number of nitrogen functional groups attached to an aromatic ring is 1. The van der Waals surface area contributed by atoms with E-state index in [2.05, 4.69) is 15.2 Å². The molecule has 5 rings (SSSR count). The monoisotopic (exact) mass is 540 g/mol. The Bertz CT molecular complexity index is 1610. The van der Waals surface area contributed by atoms with Gasteiger partial charge in [-0.15, -0.1) is 0 Å². The van der Waals surface area contributed by atoms with Crippen molar-refractivity contribution >= 4 is 40.2 Å². The lowest BCUT2D eigenvalue weighted by molar-refractivity contribution is 0.0663. The Kier molecular flexibility index (Phi) is 7.47. The van der Waals surface area contributed by atoms with Crippen LogP contribution in [-0.4, -0.2) is 76.5 Å². The van der Waals surface area contributed by atoms with Gasteiger partial charge in [0.1, 0.15) is 17.0 Å². The van der Waals surface area contributed by atoms with Gasteiger partial charge in [0.2, 0.25) is 5.43 Å². The van der Waals surface area contributed by atoms with E-state index in [4.69, 9.17) is 10.7 Å². The minimum absolute atomic E-state index is 0.00500. The largest absolute Gasteiger partial charge is 0.384 e. The van der Waals surface area contributed by atoms with Crippen LogP contribution in [0.5, 0.6) is 0 Å². The van der Waals surface area contributed by atoms with E-state index in [0.717, 1.165) is 18.7 Å². The topological polar surface area (TPSA) is 130 Å². The lowest BCUT2D eigenvalue weighted by atomic mass is 10.1. The summed E-state index contributed by atoms with van der Waals surface area (Å²) in [6.45, 7) is 4.93. The summed E-state index contributed by atoms with van der Waals surface area (Å²) in [6, 6.07) is 14.0. The Balaban J connectivity index is 1.43. The zero-order valence-electron chi connectivity index (χ0n) is 22.8. The first kappa shape index (κ1) is 26.8. The van der Waals surface area contributed by atoms with Gasteiger partial charge in [-0.25, -0.2) is 9.78 Å². The van der Waals surface area contributed by atoms with Gasteiger partial charge in [0, 0.05) is 57.2 Å². The van der Waals surface area contributed by atoms with Crippen LogP contribution in [0.15, 0.2) is 65.7 Å². The third-order valence-corrected chi connectivity index (χ3v) is 7.24. The number of urea groups is 1. The predicted octanol–water partition coefficient (Wildman–Crippen LogP) is 3.12. The normalized spacial score (nSPS) is 13.8. The molecule has 0 saturated carbocycles. The first-order valence-corrected chi connectivity index (χ1v) is 13.1. The van der Waals surface area contributed by atoms with Gasteiger partial charge in [0.25, 0.3) is 5.91 Å². The number of rotatable bonds is 5. The van der Waals surface area contributed by atoms with Crippen molar-refractivity contribution in [3.05, 3.63) is 76.7 Å². The van der Waals surface area contributed by atoms with E-state index in [1.54, 1.807) is 53.2 Å². The van der Waals surface area contributed by atoms with E-state index < -0.39 is 5.43 Å². The fourth-order valence-electron chi connectivity index (χ4n) is 4.80. The van der Waals surface area contributed by atoms with E-state index in [9.17, 15) is 14.4 Å². The molecule has 0 unspecified atom stereocenters. The molecule has 11 heteroatoms. The van der Waals surface area contributed by atoms with Crippen LogP contribution in [0.25, 0.3) is 22.3 Å². The van der Waals surface area contributed by atoms with Gasteiger partial charge in [0.05, 0.1) is 23.0 Å². The second kappa shape index (κ2) is 11.1. The van der Waals surface area contributed by atoms with Gasteiger partial charge in [-0.05, 0) is 50.4 Å². The molecule has 3 aromatic heterocycles. The van der Waals surface area contributed by atoms with Crippen molar-refractivity contribution in [3.8, 4) is 11.3 Å². The van der Waals surface area contributed by atoms with Crippen LogP contribution >= 0.6 is 0 Å². The van der Waals surface area contributed by atoms with E-state index in [-0.39, 0.29) is 23.3 Å². The van der Waals surface area contributed by atoms with Crippen LogP contribution in [-0.2, 0) is 6.54 Å². The molecule has 11 nitrogen and oxygen atoms in total. The van der Waals surface area contributed by atoms with Crippen LogP contribution in [0.2, 0.25) is 0 Å². The third kappa shape index (κ3) is 5.10. The number of likely N-dealkylation sites (N-methyl/N-ethyl adjacent to an activating group) is 1. The maximum Gasteiger partial charge on any atom is 0.326 e. The summed E-state index contributed by atoms with van der Waals surface area (Å²) >= 11 is 0. The van der Waals surface area contributed by atoms with Gasteiger partial charge >= 0.3 is 6.03 Å². The zero-order chi connectivity index (χ0) is 28.4. The first-order valence-electron chi connectivity index (χ1n) is 13.1. The number of nitrogens with one attached hydrogen (secondary N) is 1. The number of aryl methyl sites for hydroxylation is 1. The van der Waals surface area contributed by atoms with Gasteiger partial charge in [-0.2, -0.15) is 0 Å². The maximum atomic E-state index is 13.5. The van der Waals surface area contributed by atoms with E-state index in [1.807, 2.05) is 38.2 Å². The molecular weight excluding hydrogens is 508 g/mol. The number of piperazine rings is 1. The highest BCUT2D eigenvalue weighted by molar-refractivity contribution is 6.02. The molecule has 0 atom stereocenters. The second-order valence-electron chi connectivity index (χ2n) is 9.77. The van der Waals surface area contributed by atoms with Crippen LogP contribution in [0.4, 0.5) is 22.0 Å². The summed E-state index contributed by atoms with van der Waals surface area (Å²) in [5.41, 5.74) is 9.20. The van der Waals surface area contributed by atoms with Crippen molar-refractivity contribution in [1.82, 2.24) is 24.3 Å². The second-order valence-corrected chi connectivity index (χ2v) is 9.77. The Hall–Kier alpha value is -4.77. The highest BCUT2D eigenvalue weighted by Crippen LogP contribution is 2.26. The minimum atomic E-state index is -0.406. The number of fused-ring (bicyclic) bond motifs is 1. The predicted molar refractivity (Wildman–Crippen MR) is 157 cm³/mol. The number of amides is 3. The summed E-state index contributed by atoms with van der Waals surface area (Å²) < 4.78 is 1.72. The molecule has 40 heavy (non-hydrogen) atoms. The number of hydrogen-bond acceptors (Lipinski definition) is 7. The van der Waals surface area contributed by atoms with Crippen molar-refractivity contribution < 1.29 is 9.59 Å². The number of carbonyl (C=O) groups excluding carboxylic acids is 2. The van der Waals surface area contributed by atoms with Crippen molar-refractivity contribution in [1.29, 1.82) is 0 Å². The molecule has 4 aromatic rings.